The summed E-state index contributed by atoms with van der Waals surface area (Å²) in [4.78, 5) is 23.3. The van der Waals surface area contributed by atoms with Gasteiger partial charge in [-0.2, -0.15) is 5.26 Å². The molecule has 0 radical (unpaired) electrons. The molecule has 2 aromatic rings. The van der Waals surface area contributed by atoms with Gasteiger partial charge in [0.25, 0.3) is 0 Å². The van der Waals surface area contributed by atoms with Crippen LogP contribution in [-0.2, 0) is 9.53 Å². The van der Waals surface area contributed by atoms with E-state index in [1.54, 1.807) is 0 Å². The van der Waals surface area contributed by atoms with Crippen molar-refractivity contribution >= 4 is 12.1 Å². The summed E-state index contributed by atoms with van der Waals surface area (Å²) in [5, 5.41) is 20.3. The first-order valence-electron chi connectivity index (χ1n) is 8.27. The van der Waals surface area contributed by atoms with Crippen molar-refractivity contribution in [2.24, 2.45) is 5.92 Å². The van der Waals surface area contributed by atoms with Crippen LogP contribution in [0.5, 0.6) is 0 Å². The Hall–Kier alpha value is -3.33. The van der Waals surface area contributed by atoms with E-state index in [9.17, 15) is 9.59 Å². The molecule has 0 saturated carbocycles. The van der Waals surface area contributed by atoms with Crippen molar-refractivity contribution in [3.63, 3.8) is 0 Å². The van der Waals surface area contributed by atoms with Crippen molar-refractivity contribution in [3.8, 4) is 17.2 Å². The second-order valence-electron chi connectivity index (χ2n) is 6.20. The van der Waals surface area contributed by atoms with Crippen LogP contribution in [0.25, 0.3) is 11.1 Å². The lowest BCUT2D eigenvalue weighted by Gasteiger charge is -2.18. The highest BCUT2D eigenvalue weighted by atomic mass is 16.5. The average Bonchev–Trinajstić information content (AvgIpc) is 2.97. The Labute approximate surface area is 151 Å². The third-order valence-electron chi connectivity index (χ3n) is 4.59. The van der Waals surface area contributed by atoms with Crippen LogP contribution in [0.3, 0.4) is 0 Å². The highest BCUT2D eigenvalue weighted by Crippen LogP contribution is 2.44. The molecule has 0 saturated heterocycles. The fourth-order valence-electron chi connectivity index (χ4n) is 3.24. The van der Waals surface area contributed by atoms with Crippen molar-refractivity contribution in [2.75, 3.05) is 6.61 Å². The van der Waals surface area contributed by atoms with Gasteiger partial charge in [-0.1, -0.05) is 48.5 Å². The summed E-state index contributed by atoms with van der Waals surface area (Å²) in [6, 6.07) is 16.4. The molecule has 2 atom stereocenters. The zero-order chi connectivity index (χ0) is 18.7. The number of carboxylic acids is 1. The number of aliphatic carboxylic acids is 1. The van der Waals surface area contributed by atoms with E-state index in [-0.39, 0.29) is 12.5 Å². The van der Waals surface area contributed by atoms with Crippen molar-refractivity contribution in [1.82, 2.24) is 5.32 Å². The summed E-state index contributed by atoms with van der Waals surface area (Å²) in [5.74, 6) is -2.25. The Morgan fingerprint density at radius 3 is 2.19 bits per heavy atom. The predicted molar refractivity (Wildman–Crippen MR) is 94.4 cm³/mol. The highest BCUT2D eigenvalue weighted by molar-refractivity contribution is 5.81. The van der Waals surface area contributed by atoms with Gasteiger partial charge in [-0.25, -0.2) is 9.59 Å². The van der Waals surface area contributed by atoms with Crippen molar-refractivity contribution in [1.29, 1.82) is 5.26 Å². The van der Waals surface area contributed by atoms with Crippen LogP contribution in [0.1, 0.15) is 24.0 Å². The largest absolute Gasteiger partial charge is 0.480 e. The number of benzene rings is 2. The molecule has 0 heterocycles. The molecule has 132 valence electrons. The van der Waals surface area contributed by atoms with Gasteiger partial charge in [-0.15, -0.1) is 0 Å². The fourth-order valence-corrected chi connectivity index (χ4v) is 3.24. The number of ether oxygens (including phenoxy) is 1. The first-order chi connectivity index (χ1) is 12.5. The van der Waals surface area contributed by atoms with Gasteiger partial charge in [0.15, 0.2) is 0 Å². The average molecular weight is 350 g/mol. The number of hydrogen-bond acceptors (Lipinski definition) is 4. The second-order valence-corrected chi connectivity index (χ2v) is 6.20. The number of nitrogens with zero attached hydrogens (tertiary/aromatic N) is 1. The zero-order valence-electron chi connectivity index (χ0n) is 14.2. The van der Waals surface area contributed by atoms with Gasteiger partial charge in [0, 0.05) is 5.92 Å². The summed E-state index contributed by atoms with van der Waals surface area (Å²) in [6.45, 7) is 1.52. The van der Waals surface area contributed by atoms with E-state index >= 15 is 0 Å². The van der Waals surface area contributed by atoms with Crippen LogP contribution in [-0.4, -0.2) is 29.8 Å². The lowest BCUT2D eigenvalue weighted by atomic mass is 9.98. The summed E-state index contributed by atoms with van der Waals surface area (Å²) < 4.78 is 5.29. The maximum absolute atomic E-state index is 12.1. The van der Waals surface area contributed by atoms with Gasteiger partial charge in [0.05, 0.1) is 12.0 Å². The van der Waals surface area contributed by atoms with E-state index < -0.39 is 24.0 Å². The minimum atomic E-state index is -1.31. The molecule has 6 nitrogen and oxygen atoms in total. The fraction of sp³-hybridized carbons (Fsp3) is 0.250. The molecule has 0 fully saturated rings. The van der Waals surface area contributed by atoms with E-state index in [2.05, 4.69) is 5.32 Å². The molecule has 0 bridgehead atoms. The van der Waals surface area contributed by atoms with Gasteiger partial charge < -0.3 is 15.2 Å². The number of rotatable bonds is 5. The molecule has 1 aliphatic carbocycles. The lowest BCUT2D eigenvalue weighted by molar-refractivity contribution is -0.140. The van der Waals surface area contributed by atoms with Crippen LogP contribution < -0.4 is 5.32 Å². The Balaban J connectivity index is 1.73. The van der Waals surface area contributed by atoms with Crippen LogP contribution >= 0.6 is 0 Å². The second kappa shape index (κ2) is 7.28. The SMILES string of the molecule is CC(C#N)C(NC(=O)OCC1c2ccccc2-c2ccccc21)C(=O)O. The first kappa shape index (κ1) is 17.5. The zero-order valence-corrected chi connectivity index (χ0v) is 14.2. The van der Waals surface area contributed by atoms with Gasteiger partial charge >= 0.3 is 12.1 Å². The van der Waals surface area contributed by atoms with Crippen molar-refractivity contribution in [3.05, 3.63) is 59.7 Å². The number of amides is 1. The number of carboxylic acid groups (broad SMARTS) is 1. The van der Waals surface area contributed by atoms with Crippen LogP contribution in [0, 0.1) is 17.2 Å². The molecule has 2 N–H and O–H groups in total. The Bertz CT molecular complexity index is 842. The molecule has 0 spiro atoms. The number of alkyl carbamates (subject to hydrolysis) is 1. The standard InChI is InChI=1S/C20H18N2O4/c1-12(10-21)18(19(23)24)22-20(25)26-11-17-15-8-4-2-6-13(15)14-7-3-5-9-16(14)17/h2-9,12,17-18H,11H2,1H3,(H,22,25)(H,23,24). The van der Waals surface area contributed by atoms with Gasteiger partial charge in [-0.3, -0.25) is 0 Å². The lowest BCUT2D eigenvalue weighted by Crippen LogP contribution is -2.45. The van der Waals surface area contributed by atoms with Crippen LogP contribution in [0.4, 0.5) is 4.79 Å². The Kier molecular flexibility index (Phi) is 4.90. The molecule has 1 amide bonds. The van der Waals surface area contributed by atoms with E-state index in [0.29, 0.717) is 0 Å². The summed E-state index contributed by atoms with van der Waals surface area (Å²) in [6.07, 6.45) is -0.846. The molecular weight excluding hydrogens is 332 g/mol. The molecule has 6 heteroatoms. The molecule has 26 heavy (non-hydrogen) atoms. The maximum Gasteiger partial charge on any atom is 0.407 e. The smallest absolute Gasteiger partial charge is 0.407 e. The Morgan fingerprint density at radius 2 is 1.69 bits per heavy atom. The van der Waals surface area contributed by atoms with E-state index in [1.165, 1.54) is 6.92 Å². The molecule has 3 rings (SSSR count). The number of fused-ring (bicyclic) bond motifs is 3. The summed E-state index contributed by atoms with van der Waals surface area (Å²) in [7, 11) is 0. The normalized spacial score (nSPS) is 14.5. The first-order valence-corrected chi connectivity index (χ1v) is 8.27. The number of hydrogen-bond donors (Lipinski definition) is 2. The highest BCUT2D eigenvalue weighted by Gasteiger charge is 2.31. The number of carbonyl (C=O) groups is 2. The van der Waals surface area contributed by atoms with Gasteiger partial charge in [0.2, 0.25) is 0 Å². The molecular formula is C20H18N2O4. The monoisotopic (exact) mass is 350 g/mol. The predicted octanol–water partition coefficient (Wildman–Crippen LogP) is 3.14. The Morgan fingerprint density at radius 1 is 1.15 bits per heavy atom. The van der Waals surface area contributed by atoms with Crippen molar-refractivity contribution < 1.29 is 19.4 Å². The molecule has 0 aliphatic heterocycles. The maximum atomic E-state index is 12.1. The molecule has 2 unspecified atom stereocenters. The molecule has 1 aliphatic rings. The summed E-state index contributed by atoms with van der Waals surface area (Å²) in [5.41, 5.74) is 4.36. The van der Waals surface area contributed by atoms with Crippen LogP contribution in [0.2, 0.25) is 0 Å². The number of carbonyl (C=O) groups excluding carboxylic acids is 1. The molecule has 2 aromatic carbocycles. The molecule has 0 aromatic heterocycles. The number of nitrogens with one attached hydrogen (secondary N) is 1. The number of nitriles is 1. The topological polar surface area (TPSA) is 99.4 Å². The van der Waals surface area contributed by atoms with Crippen LogP contribution in [0.15, 0.2) is 48.5 Å². The third kappa shape index (κ3) is 3.24. The van der Waals surface area contributed by atoms with E-state index in [1.807, 2.05) is 54.6 Å². The third-order valence-corrected chi connectivity index (χ3v) is 4.59. The summed E-state index contributed by atoms with van der Waals surface area (Å²) >= 11 is 0. The van der Waals surface area contributed by atoms with Gasteiger partial charge in [0.1, 0.15) is 12.6 Å². The van der Waals surface area contributed by atoms with E-state index in [4.69, 9.17) is 15.1 Å². The van der Waals surface area contributed by atoms with Crippen molar-refractivity contribution in [2.45, 2.75) is 18.9 Å². The quantitative estimate of drug-likeness (QED) is 0.863. The van der Waals surface area contributed by atoms with Gasteiger partial charge in [-0.05, 0) is 29.2 Å². The minimum Gasteiger partial charge on any atom is -0.480 e. The van der Waals surface area contributed by atoms with E-state index in [0.717, 1.165) is 22.3 Å². The minimum absolute atomic E-state index is 0.0904.